The third kappa shape index (κ3) is 4.60. The molecule has 0 aliphatic heterocycles. The molecule has 2 rings (SSSR count). The van der Waals surface area contributed by atoms with Crippen LogP contribution in [0.1, 0.15) is 45.5 Å². The Morgan fingerprint density at radius 2 is 1.96 bits per heavy atom. The molecule has 1 aromatic heterocycles. The standard InChI is InChI=1S/C18H23FN4O4/c1-9-22-12-8-10(19)7-11(20)15(12)17(26)23(9)13(16(21)25)5-6-14(24)27-18(2,3)4/h7-8,13H,5-6,20H2,1-4H3,(H2,21,25)/t13-/m1/s1. The van der Waals surface area contributed by atoms with E-state index in [-0.39, 0.29) is 35.3 Å². The van der Waals surface area contributed by atoms with Crippen molar-refractivity contribution in [1.82, 2.24) is 9.55 Å². The normalized spacial score (nSPS) is 12.8. The molecule has 27 heavy (non-hydrogen) atoms. The number of aromatic nitrogens is 2. The van der Waals surface area contributed by atoms with Gasteiger partial charge in [0.05, 0.1) is 10.9 Å². The number of fused-ring (bicyclic) bond motifs is 1. The van der Waals surface area contributed by atoms with Crippen molar-refractivity contribution in [2.75, 3.05) is 5.73 Å². The fraction of sp³-hybridized carbons (Fsp3) is 0.444. The molecule has 0 radical (unpaired) electrons. The first-order chi connectivity index (χ1) is 12.4. The van der Waals surface area contributed by atoms with Crippen LogP contribution >= 0.6 is 0 Å². The number of rotatable bonds is 5. The zero-order valence-corrected chi connectivity index (χ0v) is 15.7. The number of halogens is 1. The molecule has 0 aliphatic rings. The second-order valence-corrected chi connectivity index (χ2v) is 7.27. The summed E-state index contributed by atoms with van der Waals surface area (Å²) in [4.78, 5) is 41.0. The highest BCUT2D eigenvalue weighted by Crippen LogP contribution is 2.22. The summed E-state index contributed by atoms with van der Waals surface area (Å²) in [5, 5.41) is -0.00878. The van der Waals surface area contributed by atoms with Gasteiger partial charge in [0.15, 0.2) is 0 Å². The number of hydrogen-bond acceptors (Lipinski definition) is 6. The van der Waals surface area contributed by atoms with Gasteiger partial charge in [0, 0.05) is 18.2 Å². The van der Waals surface area contributed by atoms with E-state index in [2.05, 4.69) is 4.98 Å². The van der Waals surface area contributed by atoms with Gasteiger partial charge < -0.3 is 16.2 Å². The molecule has 4 N–H and O–H groups in total. The van der Waals surface area contributed by atoms with Gasteiger partial charge in [-0.1, -0.05) is 0 Å². The highest BCUT2D eigenvalue weighted by Gasteiger charge is 2.25. The minimum absolute atomic E-state index is 0.00878. The number of hydrogen-bond donors (Lipinski definition) is 2. The second-order valence-electron chi connectivity index (χ2n) is 7.27. The molecule has 0 saturated heterocycles. The zero-order chi connectivity index (χ0) is 20.5. The van der Waals surface area contributed by atoms with Crippen LogP contribution < -0.4 is 17.0 Å². The molecule has 1 amide bonds. The van der Waals surface area contributed by atoms with E-state index in [9.17, 15) is 18.8 Å². The fourth-order valence-corrected chi connectivity index (χ4v) is 2.84. The van der Waals surface area contributed by atoms with Crippen molar-refractivity contribution >= 4 is 28.5 Å². The smallest absolute Gasteiger partial charge is 0.306 e. The van der Waals surface area contributed by atoms with Crippen LogP contribution in [0.2, 0.25) is 0 Å². The lowest BCUT2D eigenvalue weighted by atomic mass is 10.1. The topological polar surface area (TPSA) is 130 Å². The lowest BCUT2D eigenvalue weighted by Gasteiger charge is -2.22. The van der Waals surface area contributed by atoms with E-state index in [0.29, 0.717) is 0 Å². The third-order valence-corrected chi connectivity index (χ3v) is 3.86. The molecule has 9 heteroatoms. The van der Waals surface area contributed by atoms with Gasteiger partial charge in [-0.15, -0.1) is 0 Å². The maximum Gasteiger partial charge on any atom is 0.306 e. The number of nitrogen functional groups attached to an aromatic ring is 1. The van der Waals surface area contributed by atoms with Gasteiger partial charge in [-0.05, 0) is 40.2 Å². The number of ether oxygens (including phenoxy) is 1. The summed E-state index contributed by atoms with van der Waals surface area (Å²) < 4.78 is 19.8. The molecule has 0 saturated carbocycles. The minimum atomic E-state index is -1.12. The summed E-state index contributed by atoms with van der Waals surface area (Å²) in [5.74, 6) is -1.79. The Labute approximate surface area is 155 Å². The average molecular weight is 378 g/mol. The van der Waals surface area contributed by atoms with Crippen LogP contribution in [0.4, 0.5) is 10.1 Å². The number of anilines is 1. The van der Waals surface area contributed by atoms with Crippen molar-refractivity contribution in [2.24, 2.45) is 5.73 Å². The Morgan fingerprint density at radius 1 is 1.33 bits per heavy atom. The van der Waals surface area contributed by atoms with Gasteiger partial charge >= 0.3 is 5.97 Å². The Kier molecular flexibility index (Phi) is 5.53. The van der Waals surface area contributed by atoms with E-state index in [1.165, 1.54) is 6.92 Å². The average Bonchev–Trinajstić information content (AvgIpc) is 2.46. The van der Waals surface area contributed by atoms with E-state index >= 15 is 0 Å². The van der Waals surface area contributed by atoms with E-state index in [1.807, 2.05) is 0 Å². The highest BCUT2D eigenvalue weighted by atomic mass is 19.1. The minimum Gasteiger partial charge on any atom is -0.460 e. The SMILES string of the molecule is Cc1nc2cc(F)cc(N)c2c(=O)n1[C@H](CCC(=O)OC(C)(C)C)C(N)=O. The number of esters is 1. The summed E-state index contributed by atoms with van der Waals surface area (Å²) in [5.41, 5.74) is 9.92. The number of carbonyl (C=O) groups excluding carboxylic acids is 2. The largest absolute Gasteiger partial charge is 0.460 e. The monoisotopic (exact) mass is 378 g/mol. The van der Waals surface area contributed by atoms with Crippen LogP contribution in [-0.4, -0.2) is 27.0 Å². The first-order valence-corrected chi connectivity index (χ1v) is 8.39. The van der Waals surface area contributed by atoms with Crippen LogP contribution in [0.5, 0.6) is 0 Å². The van der Waals surface area contributed by atoms with Gasteiger partial charge in [0.2, 0.25) is 5.91 Å². The van der Waals surface area contributed by atoms with E-state index in [1.54, 1.807) is 20.8 Å². The van der Waals surface area contributed by atoms with Gasteiger partial charge in [-0.25, -0.2) is 9.37 Å². The second kappa shape index (κ2) is 7.34. The summed E-state index contributed by atoms with van der Waals surface area (Å²) in [6.45, 7) is 6.66. The van der Waals surface area contributed by atoms with Gasteiger partial charge in [-0.2, -0.15) is 0 Å². The first-order valence-electron chi connectivity index (χ1n) is 8.39. The lowest BCUT2D eigenvalue weighted by molar-refractivity contribution is -0.155. The van der Waals surface area contributed by atoms with Crippen LogP contribution in [-0.2, 0) is 14.3 Å². The van der Waals surface area contributed by atoms with Crippen molar-refractivity contribution in [2.45, 2.75) is 52.2 Å². The molecule has 0 fully saturated rings. The van der Waals surface area contributed by atoms with E-state index in [4.69, 9.17) is 16.2 Å². The Hall–Kier alpha value is -2.97. The van der Waals surface area contributed by atoms with Crippen LogP contribution in [0, 0.1) is 12.7 Å². The number of nitrogens with two attached hydrogens (primary N) is 2. The molecule has 0 bridgehead atoms. The molecule has 1 aromatic carbocycles. The number of aryl methyl sites for hydroxylation is 1. The highest BCUT2D eigenvalue weighted by molar-refractivity contribution is 5.90. The van der Waals surface area contributed by atoms with Crippen LogP contribution in [0.25, 0.3) is 10.9 Å². The Balaban J connectivity index is 2.46. The molecular formula is C18H23FN4O4. The maximum atomic E-state index is 13.5. The molecule has 0 spiro atoms. The molecular weight excluding hydrogens is 355 g/mol. The number of primary amides is 1. The van der Waals surface area contributed by atoms with Gasteiger partial charge in [0.25, 0.3) is 5.56 Å². The third-order valence-electron chi connectivity index (χ3n) is 3.86. The molecule has 1 atom stereocenters. The van der Waals surface area contributed by atoms with E-state index < -0.39 is 34.9 Å². The Bertz CT molecular complexity index is 962. The molecule has 1 heterocycles. The number of carbonyl (C=O) groups is 2. The fourth-order valence-electron chi connectivity index (χ4n) is 2.84. The first kappa shape index (κ1) is 20.3. The molecule has 2 aromatic rings. The summed E-state index contributed by atoms with van der Waals surface area (Å²) >= 11 is 0. The van der Waals surface area contributed by atoms with Gasteiger partial charge in [0.1, 0.15) is 23.3 Å². The lowest BCUT2D eigenvalue weighted by Crippen LogP contribution is -2.37. The quantitative estimate of drug-likeness (QED) is 0.600. The predicted octanol–water partition coefficient (Wildman–Crippen LogP) is 1.57. The summed E-state index contributed by atoms with van der Waals surface area (Å²) in [6, 6.07) is 0.974. The van der Waals surface area contributed by atoms with Crippen molar-refractivity contribution in [3.63, 3.8) is 0 Å². The number of benzene rings is 1. The van der Waals surface area contributed by atoms with E-state index in [0.717, 1.165) is 16.7 Å². The Morgan fingerprint density at radius 3 is 2.52 bits per heavy atom. The van der Waals surface area contributed by atoms with Crippen LogP contribution in [0.3, 0.4) is 0 Å². The van der Waals surface area contributed by atoms with Crippen molar-refractivity contribution in [1.29, 1.82) is 0 Å². The summed E-state index contributed by atoms with van der Waals surface area (Å²) in [7, 11) is 0. The maximum absolute atomic E-state index is 13.5. The molecule has 0 aliphatic carbocycles. The van der Waals surface area contributed by atoms with Crippen LogP contribution in [0.15, 0.2) is 16.9 Å². The number of amides is 1. The predicted molar refractivity (Wildman–Crippen MR) is 98.4 cm³/mol. The van der Waals surface area contributed by atoms with Crippen molar-refractivity contribution in [3.8, 4) is 0 Å². The van der Waals surface area contributed by atoms with Gasteiger partial charge in [-0.3, -0.25) is 19.0 Å². The van der Waals surface area contributed by atoms with Crippen molar-refractivity contribution < 1.29 is 18.7 Å². The molecule has 8 nitrogen and oxygen atoms in total. The molecule has 0 unspecified atom stereocenters. The zero-order valence-electron chi connectivity index (χ0n) is 15.7. The number of nitrogens with zero attached hydrogens (tertiary/aromatic N) is 2. The molecule has 146 valence electrons. The van der Waals surface area contributed by atoms with Crippen molar-refractivity contribution in [3.05, 3.63) is 34.1 Å². The summed E-state index contributed by atoms with van der Waals surface area (Å²) in [6.07, 6.45) is -0.160.